The van der Waals surface area contributed by atoms with E-state index in [1.807, 2.05) is 0 Å². The van der Waals surface area contributed by atoms with E-state index < -0.39 is 52.1 Å². The fraction of sp³-hybridized carbons (Fsp3) is 0.480. The number of primary sulfonamides is 1. The highest BCUT2D eigenvalue weighted by atomic mass is 32.2. The zero-order chi connectivity index (χ0) is 49.3. The van der Waals surface area contributed by atoms with Crippen LogP contribution in [0.1, 0.15) is 118 Å². The second-order valence-electron chi connectivity index (χ2n) is 20.7. The maximum absolute atomic E-state index is 14.2. The Bertz CT molecular complexity index is 3080. The third kappa shape index (κ3) is 9.31. The largest absolute Gasteiger partial charge is 0.489 e. The van der Waals surface area contributed by atoms with Gasteiger partial charge >= 0.3 is 0 Å². The number of carbonyl (C=O) groups is 1. The van der Waals surface area contributed by atoms with E-state index in [2.05, 4.69) is 67.9 Å². The van der Waals surface area contributed by atoms with Crippen LogP contribution in [-0.2, 0) is 20.0 Å². The Hall–Kier alpha value is -5.80. The van der Waals surface area contributed by atoms with Gasteiger partial charge in [-0.3, -0.25) is 19.8 Å². The highest BCUT2D eigenvalue weighted by Gasteiger charge is 2.50. The highest BCUT2D eigenvalue weighted by Crippen LogP contribution is 2.54. The zero-order valence-corrected chi connectivity index (χ0v) is 41.2. The lowest BCUT2D eigenvalue weighted by atomic mass is 9.59. The fourth-order valence-electron chi connectivity index (χ4n) is 11.7. The molecule has 2 aliphatic carbocycles. The van der Waals surface area contributed by atoms with Gasteiger partial charge in [-0.15, -0.1) is 0 Å². The monoisotopic (exact) mass is 996 g/mol. The van der Waals surface area contributed by atoms with Crippen molar-refractivity contribution in [3.63, 3.8) is 0 Å². The molecule has 1 amide bonds. The van der Waals surface area contributed by atoms with Crippen molar-refractivity contribution in [3.05, 3.63) is 99.7 Å². The Morgan fingerprint density at radius 3 is 2.44 bits per heavy atom. The first kappa shape index (κ1) is 47.9. The van der Waals surface area contributed by atoms with Crippen LogP contribution in [0.4, 0.5) is 17.1 Å². The fourth-order valence-corrected chi connectivity index (χ4v) is 13.3. The number of ether oxygens (including phenoxy) is 2. The number of aromatic nitrogens is 2. The van der Waals surface area contributed by atoms with Gasteiger partial charge < -0.3 is 29.8 Å². The number of pyridine rings is 1. The Labute approximate surface area is 407 Å². The lowest BCUT2D eigenvalue weighted by Crippen LogP contribution is -2.54. The summed E-state index contributed by atoms with van der Waals surface area (Å²) in [7, 11) is -9.28. The summed E-state index contributed by atoms with van der Waals surface area (Å²) in [4.78, 5) is 37.4. The molecule has 20 heteroatoms. The van der Waals surface area contributed by atoms with E-state index in [9.17, 15) is 36.9 Å². The van der Waals surface area contributed by atoms with Gasteiger partial charge in [0.2, 0.25) is 5.03 Å². The first-order chi connectivity index (χ1) is 33.3. The lowest BCUT2D eigenvalue weighted by Gasteiger charge is -2.56. The molecule has 0 unspecified atom stereocenters. The van der Waals surface area contributed by atoms with Crippen LogP contribution >= 0.6 is 0 Å². The number of nitrogens with zero attached hydrogens (tertiary/aromatic N) is 4. The van der Waals surface area contributed by atoms with Gasteiger partial charge in [0.15, 0.2) is 17.2 Å². The number of hydrogen-bond acceptors (Lipinski definition) is 14. The third-order valence-corrected chi connectivity index (χ3v) is 17.8. The number of nitrogens with two attached hydrogens (primary N) is 1. The molecule has 2 atom stereocenters. The molecule has 2 saturated carbocycles. The summed E-state index contributed by atoms with van der Waals surface area (Å²) in [5.41, 5.74) is 2.40. The summed E-state index contributed by atoms with van der Waals surface area (Å²) >= 11 is 0. The molecule has 5 aromatic rings. The molecule has 4 fully saturated rings. The number of sulfonamides is 2. The van der Waals surface area contributed by atoms with Crippen molar-refractivity contribution in [3.8, 4) is 17.2 Å². The number of piperidine rings is 1. The number of nitro benzene ring substituents is 1. The van der Waals surface area contributed by atoms with Crippen molar-refractivity contribution >= 4 is 54.0 Å². The number of likely N-dealkylation sites (tertiary alicyclic amines) is 1. The SMILES string of the molecule is CC(C)c1ccccc1[C@@H]1CCCN1C1CC2(CCN(c3ccc(C(=O)NS(=O)(=O)c4cc5c(c([N+](=O)[O-])c4)N[C@@H](C4CCC(C)(O)CC4)CO5)c(Oc4cc5cc[nH]c5nc4S(N)(=O)=O)c3)CC2)C1. The van der Waals surface area contributed by atoms with Gasteiger partial charge in [0.1, 0.15) is 18.0 Å². The van der Waals surface area contributed by atoms with Crippen LogP contribution in [0, 0.1) is 21.4 Å². The smallest absolute Gasteiger partial charge is 0.297 e. The average Bonchev–Trinajstić information content (AvgIpc) is 3.99. The van der Waals surface area contributed by atoms with Crippen LogP contribution in [0.15, 0.2) is 82.8 Å². The van der Waals surface area contributed by atoms with E-state index >= 15 is 0 Å². The van der Waals surface area contributed by atoms with Crippen molar-refractivity contribution in [1.29, 1.82) is 0 Å². The number of nitro groups is 1. The molecule has 18 nitrogen and oxygen atoms in total. The first-order valence-corrected chi connectivity index (χ1v) is 27.2. The molecule has 0 radical (unpaired) electrons. The van der Waals surface area contributed by atoms with E-state index in [1.165, 1.54) is 29.7 Å². The minimum atomic E-state index is -4.80. The molecule has 3 aromatic carbocycles. The highest BCUT2D eigenvalue weighted by molar-refractivity contribution is 7.90. The Kier molecular flexibility index (Phi) is 12.4. The van der Waals surface area contributed by atoms with Gasteiger partial charge in [0.25, 0.3) is 31.6 Å². The van der Waals surface area contributed by atoms with Crippen LogP contribution < -0.4 is 29.6 Å². The van der Waals surface area contributed by atoms with Gasteiger partial charge in [0, 0.05) is 60.6 Å². The molecule has 0 bridgehead atoms. The predicted octanol–water partition coefficient (Wildman–Crippen LogP) is 7.85. The molecule has 5 aliphatic rings. The third-order valence-electron chi connectivity index (χ3n) is 15.6. The molecule has 6 N–H and O–H groups in total. The normalized spacial score (nSPS) is 23.9. The molecular weight excluding hydrogens is 937 g/mol. The summed E-state index contributed by atoms with van der Waals surface area (Å²) in [6, 6.07) is 19.2. The van der Waals surface area contributed by atoms with E-state index in [0.29, 0.717) is 67.8 Å². The van der Waals surface area contributed by atoms with E-state index in [1.54, 1.807) is 31.3 Å². The minimum absolute atomic E-state index is 0.0260. The summed E-state index contributed by atoms with van der Waals surface area (Å²) in [6.45, 7) is 8.93. The number of aromatic amines is 1. The second kappa shape index (κ2) is 18.1. The number of nitrogens with one attached hydrogen (secondary N) is 3. The zero-order valence-electron chi connectivity index (χ0n) is 39.5. The Balaban J connectivity index is 0.895. The number of fused-ring (bicyclic) bond motifs is 2. The van der Waals surface area contributed by atoms with Crippen LogP contribution in [0.2, 0.25) is 0 Å². The molecular formula is C50H60N8O10S2. The lowest BCUT2D eigenvalue weighted by molar-refractivity contribution is -0.384. The minimum Gasteiger partial charge on any atom is -0.489 e. The maximum Gasteiger partial charge on any atom is 0.297 e. The summed E-state index contributed by atoms with van der Waals surface area (Å²) in [6.07, 6.45) is 10.5. The van der Waals surface area contributed by atoms with E-state index in [0.717, 1.165) is 50.8 Å². The van der Waals surface area contributed by atoms with Crippen LogP contribution in [-0.4, -0.2) is 91.6 Å². The predicted molar refractivity (Wildman–Crippen MR) is 263 cm³/mol. The van der Waals surface area contributed by atoms with Gasteiger partial charge in [-0.25, -0.2) is 31.7 Å². The van der Waals surface area contributed by atoms with E-state index in [4.69, 9.17) is 14.6 Å². The molecule has 70 heavy (non-hydrogen) atoms. The molecule has 5 heterocycles. The van der Waals surface area contributed by atoms with Crippen LogP contribution in [0.5, 0.6) is 17.2 Å². The number of amides is 1. The standard InChI is InChI=1S/C50H60N8O10S2/c1-30(2)36-7-4-5-8-37(36)40-9-6-20-57(40)34-27-50(28-34)17-21-56(22-18-50)33-10-11-38(42(24-33)68-44-23-32-14-19-52-46(32)54-48(44)69(51,63)64)47(59)55-70(65,66)35-25-41(58(61)62)45-43(26-35)67-29-39(53-45)31-12-15-49(3,60)16-13-31/h4-5,7-8,10-11,14,19,23-26,30-31,34,39-40,53,60H,6,9,12-13,15-18,20-22,27-29H2,1-3H3,(H,52,54)(H,55,59)(H2,51,63,64)/t31?,39-,40+,49?/m1/s1. The quantitative estimate of drug-likeness (QED) is 0.0590. The molecule has 1 spiro atoms. The Morgan fingerprint density at radius 2 is 1.73 bits per heavy atom. The second-order valence-corrected chi connectivity index (χ2v) is 23.8. The van der Waals surface area contributed by atoms with Gasteiger partial charge in [0.05, 0.1) is 27.0 Å². The average molecular weight is 997 g/mol. The molecule has 3 aliphatic heterocycles. The first-order valence-electron chi connectivity index (χ1n) is 24.2. The van der Waals surface area contributed by atoms with Gasteiger partial charge in [-0.1, -0.05) is 38.1 Å². The van der Waals surface area contributed by atoms with E-state index in [-0.39, 0.29) is 58.1 Å². The van der Waals surface area contributed by atoms with Crippen LogP contribution in [0.3, 0.4) is 0 Å². The van der Waals surface area contributed by atoms with Gasteiger partial charge in [-0.05, 0) is 130 Å². The van der Waals surface area contributed by atoms with Crippen molar-refractivity contribution in [2.75, 3.05) is 36.5 Å². The van der Waals surface area contributed by atoms with Crippen molar-refractivity contribution in [2.45, 2.75) is 125 Å². The Morgan fingerprint density at radius 1 is 0.986 bits per heavy atom. The summed E-state index contributed by atoms with van der Waals surface area (Å²) < 4.78 is 68.2. The number of aliphatic hydroxyl groups is 1. The van der Waals surface area contributed by atoms with Crippen molar-refractivity contribution in [2.24, 2.45) is 16.5 Å². The molecule has 10 rings (SSSR count). The number of carbonyl (C=O) groups excluding carboxylic acids is 1. The van der Waals surface area contributed by atoms with Crippen molar-refractivity contribution in [1.82, 2.24) is 19.6 Å². The molecule has 2 aromatic heterocycles. The topological polar surface area (TPSA) is 252 Å². The number of rotatable bonds is 12. The number of anilines is 2. The maximum atomic E-state index is 14.2. The number of hydrogen-bond donors (Lipinski definition) is 5. The summed E-state index contributed by atoms with van der Waals surface area (Å²) in [5, 5.41) is 31.6. The van der Waals surface area contributed by atoms with Gasteiger partial charge in [-0.2, -0.15) is 0 Å². The van der Waals surface area contributed by atoms with Crippen molar-refractivity contribution < 1.29 is 41.1 Å². The van der Waals surface area contributed by atoms with Crippen LogP contribution in [0.25, 0.3) is 11.0 Å². The number of H-pyrrole nitrogens is 1. The number of benzene rings is 3. The molecule has 2 saturated heterocycles. The molecule has 372 valence electrons. The summed E-state index contributed by atoms with van der Waals surface area (Å²) in [5.74, 6) is -1.15.